The minimum Gasteiger partial charge on any atom is -0.298 e. The van der Waals surface area contributed by atoms with Crippen LogP contribution in [0.3, 0.4) is 0 Å². The number of benzene rings is 3. The lowest BCUT2D eigenvalue weighted by Gasteiger charge is -2.03. The number of amides is 1. The normalized spacial score (nSPS) is 11.4. The van der Waals surface area contributed by atoms with Crippen LogP contribution in [0, 0.1) is 10.1 Å². The number of aromatic nitrogens is 1. The van der Waals surface area contributed by atoms with Crippen LogP contribution in [0.15, 0.2) is 60.7 Å². The molecular weight excluding hydrogens is 362 g/mol. The fraction of sp³-hybridized carbons (Fsp3) is 0. The SMILES string of the molecule is O=C(Nc1nc2c(s1)-c1cccc3cccc-2c13)c1ccc([N+](=O)[O-])cc1. The third kappa shape index (κ3) is 2.40. The second kappa shape index (κ2) is 5.72. The molecule has 5 rings (SSSR count). The zero-order valence-electron chi connectivity index (χ0n) is 13.8. The Labute approximate surface area is 157 Å². The molecule has 130 valence electrons. The number of hydrogen-bond donors (Lipinski definition) is 1. The average molecular weight is 373 g/mol. The van der Waals surface area contributed by atoms with Crippen LogP contribution < -0.4 is 5.32 Å². The number of non-ortho nitro benzene ring substituents is 1. The van der Waals surface area contributed by atoms with Crippen molar-refractivity contribution >= 4 is 38.8 Å². The molecule has 6 nitrogen and oxygen atoms in total. The molecule has 0 saturated carbocycles. The lowest BCUT2D eigenvalue weighted by Crippen LogP contribution is -2.11. The van der Waals surface area contributed by atoms with Crippen molar-refractivity contribution in [1.82, 2.24) is 4.98 Å². The number of carbonyl (C=O) groups is 1. The molecule has 0 aliphatic heterocycles. The third-order valence-corrected chi connectivity index (χ3v) is 5.60. The molecule has 0 spiro atoms. The highest BCUT2D eigenvalue weighted by atomic mass is 32.1. The molecule has 7 heteroatoms. The summed E-state index contributed by atoms with van der Waals surface area (Å²) in [6, 6.07) is 17.8. The van der Waals surface area contributed by atoms with Crippen molar-refractivity contribution in [3.63, 3.8) is 0 Å². The number of anilines is 1. The number of carbonyl (C=O) groups excluding carboxylic acids is 1. The van der Waals surface area contributed by atoms with Gasteiger partial charge < -0.3 is 0 Å². The van der Waals surface area contributed by atoms with Crippen LogP contribution in [0.2, 0.25) is 0 Å². The lowest BCUT2D eigenvalue weighted by molar-refractivity contribution is -0.384. The number of thiazole rings is 1. The van der Waals surface area contributed by atoms with E-state index in [4.69, 9.17) is 0 Å². The van der Waals surface area contributed by atoms with Crippen LogP contribution in [0.5, 0.6) is 0 Å². The Morgan fingerprint density at radius 3 is 2.41 bits per heavy atom. The van der Waals surface area contributed by atoms with Gasteiger partial charge in [-0.15, -0.1) is 0 Å². The van der Waals surface area contributed by atoms with E-state index in [9.17, 15) is 14.9 Å². The van der Waals surface area contributed by atoms with E-state index in [-0.39, 0.29) is 11.6 Å². The largest absolute Gasteiger partial charge is 0.298 e. The Balaban J connectivity index is 1.47. The highest BCUT2D eigenvalue weighted by Gasteiger charge is 2.26. The van der Waals surface area contributed by atoms with Crippen LogP contribution in [-0.2, 0) is 0 Å². The van der Waals surface area contributed by atoms with E-state index in [1.54, 1.807) is 0 Å². The summed E-state index contributed by atoms with van der Waals surface area (Å²) in [4.78, 5) is 28.3. The molecule has 27 heavy (non-hydrogen) atoms. The van der Waals surface area contributed by atoms with E-state index in [0.717, 1.165) is 21.7 Å². The van der Waals surface area contributed by atoms with Gasteiger partial charge in [0, 0.05) is 28.8 Å². The zero-order valence-corrected chi connectivity index (χ0v) is 14.6. The minimum absolute atomic E-state index is 0.0514. The van der Waals surface area contributed by atoms with Gasteiger partial charge in [-0.3, -0.25) is 20.2 Å². The number of fused-ring (bicyclic) bond motifs is 3. The van der Waals surface area contributed by atoms with Crippen molar-refractivity contribution in [2.75, 3.05) is 5.32 Å². The van der Waals surface area contributed by atoms with Crippen molar-refractivity contribution in [2.24, 2.45) is 0 Å². The first-order chi connectivity index (χ1) is 13.1. The van der Waals surface area contributed by atoms with Gasteiger partial charge in [-0.1, -0.05) is 47.7 Å². The summed E-state index contributed by atoms with van der Waals surface area (Å²) in [5, 5.41) is 16.4. The van der Waals surface area contributed by atoms with Gasteiger partial charge in [0.25, 0.3) is 11.6 Å². The summed E-state index contributed by atoms with van der Waals surface area (Å²) >= 11 is 1.43. The van der Waals surface area contributed by atoms with E-state index >= 15 is 0 Å². The van der Waals surface area contributed by atoms with Crippen molar-refractivity contribution in [3.05, 3.63) is 76.3 Å². The van der Waals surface area contributed by atoms with Gasteiger partial charge in [0.05, 0.1) is 15.5 Å². The minimum atomic E-state index is -0.495. The maximum Gasteiger partial charge on any atom is 0.269 e. The van der Waals surface area contributed by atoms with Crippen LogP contribution in [0.1, 0.15) is 10.4 Å². The second-order valence-electron chi connectivity index (χ2n) is 6.16. The number of nitro groups is 1. The first-order valence-electron chi connectivity index (χ1n) is 8.21. The Kier molecular flexibility index (Phi) is 3.32. The Morgan fingerprint density at radius 2 is 1.70 bits per heavy atom. The average Bonchev–Trinajstić information content (AvgIpc) is 3.22. The first-order valence-corrected chi connectivity index (χ1v) is 9.02. The molecule has 0 atom stereocenters. The third-order valence-electron chi connectivity index (χ3n) is 4.59. The van der Waals surface area contributed by atoms with E-state index < -0.39 is 4.92 Å². The van der Waals surface area contributed by atoms with Crippen molar-refractivity contribution < 1.29 is 9.72 Å². The maximum absolute atomic E-state index is 12.4. The van der Waals surface area contributed by atoms with Crippen LogP contribution >= 0.6 is 11.3 Å². The Hall–Kier alpha value is -3.58. The van der Waals surface area contributed by atoms with Crippen LogP contribution in [0.25, 0.3) is 32.5 Å². The van der Waals surface area contributed by atoms with Crippen molar-refractivity contribution in [3.8, 4) is 21.7 Å². The monoisotopic (exact) mass is 373 g/mol. The van der Waals surface area contributed by atoms with Crippen LogP contribution in [-0.4, -0.2) is 15.8 Å². The van der Waals surface area contributed by atoms with Gasteiger partial charge in [0.1, 0.15) is 0 Å². The molecule has 1 heterocycles. The molecular formula is C20H11N3O3S. The molecule has 1 aromatic heterocycles. The topological polar surface area (TPSA) is 85.1 Å². The van der Waals surface area contributed by atoms with E-state index in [1.165, 1.54) is 46.4 Å². The summed E-state index contributed by atoms with van der Waals surface area (Å²) in [6.07, 6.45) is 0. The molecule has 1 aliphatic carbocycles. The molecule has 1 amide bonds. The van der Waals surface area contributed by atoms with Gasteiger partial charge >= 0.3 is 0 Å². The van der Waals surface area contributed by atoms with E-state index in [2.05, 4.69) is 28.5 Å². The first kappa shape index (κ1) is 15.7. The standard InChI is InChI=1S/C20H11N3O3S/c24-19(12-7-9-13(10-8-12)23(25)26)22-20-21-17-14-5-1-3-11-4-2-6-15(16(11)14)18(17)27-20/h1-10H,(H,21,22,24). The number of rotatable bonds is 3. The van der Waals surface area contributed by atoms with Gasteiger partial charge in [-0.05, 0) is 22.9 Å². The number of nitrogens with one attached hydrogen (secondary N) is 1. The van der Waals surface area contributed by atoms with E-state index in [1.807, 2.05) is 18.2 Å². The smallest absolute Gasteiger partial charge is 0.269 e. The predicted octanol–water partition coefficient (Wildman–Crippen LogP) is 5.10. The maximum atomic E-state index is 12.4. The van der Waals surface area contributed by atoms with Crippen molar-refractivity contribution in [1.29, 1.82) is 0 Å². The molecule has 0 bridgehead atoms. The van der Waals surface area contributed by atoms with Gasteiger partial charge in [-0.25, -0.2) is 4.98 Å². The highest BCUT2D eigenvalue weighted by Crippen LogP contribution is 2.50. The fourth-order valence-corrected chi connectivity index (χ4v) is 4.38. The fourth-order valence-electron chi connectivity index (χ4n) is 3.37. The summed E-state index contributed by atoms with van der Waals surface area (Å²) in [7, 11) is 0. The molecule has 0 unspecified atom stereocenters. The van der Waals surface area contributed by atoms with E-state index in [0.29, 0.717) is 10.7 Å². The molecule has 0 fully saturated rings. The summed E-state index contributed by atoms with van der Waals surface area (Å²) in [5.74, 6) is -0.344. The zero-order chi connectivity index (χ0) is 18.5. The summed E-state index contributed by atoms with van der Waals surface area (Å²) in [5.41, 5.74) is 3.38. The molecule has 1 N–H and O–H groups in total. The van der Waals surface area contributed by atoms with Crippen LogP contribution in [0.4, 0.5) is 10.8 Å². The molecule has 0 saturated heterocycles. The Bertz CT molecular complexity index is 1190. The van der Waals surface area contributed by atoms with Gasteiger partial charge in [0.15, 0.2) is 5.13 Å². The highest BCUT2D eigenvalue weighted by molar-refractivity contribution is 7.20. The molecule has 1 aliphatic rings. The second-order valence-corrected chi connectivity index (χ2v) is 7.16. The Morgan fingerprint density at radius 1 is 1.00 bits per heavy atom. The summed E-state index contributed by atoms with van der Waals surface area (Å²) in [6.45, 7) is 0. The lowest BCUT2D eigenvalue weighted by atomic mass is 10.0. The molecule has 4 aromatic rings. The predicted molar refractivity (Wildman–Crippen MR) is 105 cm³/mol. The van der Waals surface area contributed by atoms with Gasteiger partial charge in [-0.2, -0.15) is 0 Å². The van der Waals surface area contributed by atoms with Gasteiger partial charge in [0.2, 0.25) is 0 Å². The number of nitrogens with zero attached hydrogens (tertiary/aromatic N) is 2. The van der Waals surface area contributed by atoms with Crippen molar-refractivity contribution in [2.45, 2.75) is 0 Å². The molecule has 0 radical (unpaired) electrons. The molecule has 3 aromatic carbocycles. The quantitative estimate of drug-likeness (QED) is 0.352. The summed E-state index contributed by atoms with van der Waals surface area (Å²) < 4.78 is 0. The number of hydrogen-bond acceptors (Lipinski definition) is 5. The number of nitro benzene ring substituents is 1.